The van der Waals surface area contributed by atoms with Crippen LogP contribution >= 0.6 is 0 Å². The number of hydrogen-bond donors (Lipinski definition) is 2. The third-order valence-corrected chi connectivity index (χ3v) is 5.48. The Balaban J connectivity index is 1.84. The van der Waals surface area contributed by atoms with Crippen LogP contribution in [0.3, 0.4) is 0 Å². The van der Waals surface area contributed by atoms with Gasteiger partial charge in [-0.1, -0.05) is 0 Å². The highest BCUT2D eigenvalue weighted by Crippen LogP contribution is 2.19. The molecule has 1 aromatic rings. The van der Waals surface area contributed by atoms with E-state index in [2.05, 4.69) is 4.72 Å². The first-order valence-electron chi connectivity index (χ1n) is 8.05. The number of aromatic hydroxyl groups is 1. The molecule has 7 nitrogen and oxygen atoms in total. The maximum atomic E-state index is 12.4. The Labute approximate surface area is 142 Å². The van der Waals surface area contributed by atoms with E-state index in [9.17, 15) is 18.3 Å². The van der Waals surface area contributed by atoms with Gasteiger partial charge in [0.15, 0.2) is 6.10 Å². The molecule has 2 rings (SSSR count). The van der Waals surface area contributed by atoms with Gasteiger partial charge in [0, 0.05) is 19.1 Å². The molecule has 0 spiro atoms. The molecule has 1 fully saturated rings. The summed E-state index contributed by atoms with van der Waals surface area (Å²) in [5.41, 5.74) is 0. The fraction of sp³-hybridized carbons (Fsp3) is 0.562. The molecule has 2 N–H and O–H groups in total. The first-order chi connectivity index (χ1) is 11.3. The summed E-state index contributed by atoms with van der Waals surface area (Å²) in [6.07, 6.45) is 0.548. The molecule has 0 bridgehead atoms. The minimum absolute atomic E-state index is 0.0592. The van der Waals surface area contributed by atoms with Crippen LogP contribution in [0.1, 0.15) is 26.7 Å². The fourth-order valence-corrected chi connectivity index (χ4v) is 3.50. The SMILES string of the molecule is CCS(=O)(=O)NC1CCN(C(=O)C(C)Oc2ccc(O)cc2)CC1. The average Bonchev–Trinajstić information content (AvgIpc) is 2.56. The standard InChI is InChI=1S/C16H24N2O5S/c1-3-24(21,22)17-13-8-10-18(11-9-13)16(20)12(2)23-15-6-4-14(19)5-7-15/h4-7,12-13,17,19H,3,8-11H2,1-2H3. The quantitative estimate of drug-likeness (QED) is 0.795. The number of phenols is 1. The summed E-state index contributed by atoms with van der Waals surface area (Å²) in [5, 5.41) is 9.25. The van der Waals surface area contributed by atoms with Crippen molar-refractivity contribution in [3.63, 3.8) is 0 Å². The summed E-state index contributed by atoms with van der Waals surface area (Å²) in [7, 11) is -3.22. The van der Waals surface area contributed by atoms with Crippen LogP contribution in [0.4, 0.5) is 0 Å². The second-order valence-corrected chi connectivity index (χ2v) is 7.92. The highest BCUT2D eigenvalue weighted by atomic mass is 32.2. The smallest absolute Gasteiger partial charge is 0.263 e. The van der Waals surface area contributed by atoms with Gasteiger partial charge < -0.3 is 14.7 Å². The fourth-order valence-electron chi connectivity index (χ4n) is 2.59. The molecule has 1 heterocycles. The molecule has 1 amide bonds. The number of ether oxygens (including phenoxy) is 1. The highest BCUT2D eigenvalue weighted by Gasteiger charge is 2.28. The van der Waals surface area contributed by atoms with Gasteiger partial charge >= 0.3 is 0 Å². The van der Waals surface area contributed by atoms with Crippen LogP contribution in [0, 0.1) is 0 Å². The number of nitrogens with one attached hydrogen (secondary N) is 1. The summed E-state index contributed by atoms with van der Waals surface area (Å²) in [6.45, 7) is 4.28. The number of rotatable bonds is 6. The Hall–Kier alpha value is -1.80. The van der Waals surface area contributed by atoms with Gasteiger partial charge in [0.1, 0.15) is 11.5 Å². The Kier molecular flexibility index (Phi) is 6.06. The zero-order chi connectivity index (χ0) is 17.7. The van der Waals surface area contributed by atoms with Crippen molar-refractivity contribution >= 4 is 15.9 Å². The van der Waals surface area contributed by atoms with E-state index in [4.69, 9.17) is 4.74 Å². The van der Waals surface area contributed by atoms with E-state index in [-0.39, 0.29) is 23.5 Å². The van der Waals surface area contributed by atoms with Gasteiger partial charge in [0.2, 0.25) is 10.0 Å². The van der Waals surface area contributed by atoms with Crippen molar-refractivity contribution in [2.75, 3.05) is 18.8 Å². The molecule has 1 aliphatic heterocycles. The van der Waals surface area contributed by atoms with Crippen molar-refractivity contribution in [2.45, 2.75) is 38.8 Å². The van der Waals surface area contributed by atoms with Crippen molar-refractivity contribution < 1.29 is 23.1 Å². The van der Waals surface area contributed by atoms with Crippen LogP contribution in [0.25, 0.3) is 0 Å². The highest BCUT2D eigenvalue weighted by molar-refractivity contribution is 7.89. The molecule has 1 aromatic carbocycles. The van der Waals surface area contributed by atoms with Crippen LogP contribution < -0.4 is 9.46 Å². The molecule has 1 aliphatic rings. The van der Waals surface area contributed by atoms with E-state index in [1.54, 1.807) is 30.9 Å². The molecule has 1 unspecified atom stereocenters. The number of carbonyl (C=O) groups excluding carboxylic acids is 1. The maximum Gasteiger partial charge on any atom is 0.263 e. The summed E-state index contributed by atoms with van der Waals surface area (Å²) in [5.74, 6) is 0.584. The summed E-state index contributed by atoms with van der Waals surface area (Å²) >= 11 is 0. The van der Waals surface area contributed by atoms with E-state index >= 15 is 0 Å². The molecule has 1 atom stereocenters. The average molecular weight is 356 g/mol. The van der Waals surface area contributed by atoms with Crippen LogP contribution in [-0.2, 0) is 14.8 Å². The topological polar surface area (TPSA) is 95.9 Å². The molecular weight excluding hydrogens is 332 g/mol. The number of likely N-dealkylation sites (tertiary alicyclic amines) is 1. The number of nitrogens with zero attached hydrogens (tertiary/aromatic N) is 1. The number of sulfonamides is 1. The van der Waals surface area contributed by atoms with Crippen LogP contribution in [0.2, 0.25) is 0 Å². The summed E-state index contributed by atoms with van der Waals surface area (Å²) in [6, 6.07) is 6.08. The Bertz CT molecular complexity index is 652. The van der Waals surface area contributed by atoms with Gasteiger partial charge in [-0.25, -0.2) is 13.1 Å². The van der Waals surface area contributed by atoms with Gasteiger partial charge in [-0.3, -0.25) is 4.79 Å². The lowest BCUT2D eigenvalue weighted by molar-refractivity contribution is -0.139. The second-order valence-electron chi connectivity index (χ2n) is 5.87. The molecule has 0 saturated carbocycles. The largest absolute Gasteiger partial charge is 0.508 e. The molecule has 0 radical (unpaired) electrons. The lowest BCUT2D eigenvalue weighted by Crippen LogP contribution is -2.49. The molecular formula is C16H24N2O5S. The van der Waals surface area contributed by atoms with E-state index < -0.39 is 16.1 Å². The predicted octanol–water partition coefficient (Wildman–Crippen LogP) is 1.09. The van der Waals surface area contributed by atoms with Crippen LogP contribution in [0.15, 0.2) is 24.3 Å². The number of piperidine rings is 1. The van der Waals surface area contributed by atoms with Crippen molar-refractivity contribution in [1.29, 1.82) is 0 Å². The van der Waals surface area contributed by atoms with E-state index in [1.165, 1.54) is 12.1 Å². The normalized spacial score (nSPS) is 17.5. The molecule has 0 aliphatic carbocycles. The van der Waals surface area contributed by atoms with Crippen molar-refractivity contribution in [3.8, 4) is 11.5 Å². The molecule has 24 heavy (non-hydrogen) atoms. The zero-order valence-electron chi connectivity index (χ0n) is 13.9. The molecule has 8 heteroatoms. The third-order valence-electron chi connectivity index (χ3n) is 4.03. The van der Waals surface area contributed by atoms with E-state index in [0.717, 1.165) is 0 Å². The minimum Gasteiger partial charge on any atom is -0.508 e. The number of phenolic OH excluding ortho intramolecular Hbond substituents is 1. The predicted molar refractivity (Wildman–Crippen MR) is 90.4 cm³/mol. The van der Waals surface area contributed by atoms with E-state index in [1.807, 2.05) is 0 Å². The number of amides is 1. The number of carbonyl (C=O) groups is 1. The minimum atomic E-state index is -3.22. The lowest BCUT2D eigenvalue weighted by Gasteiger charge is -2.33. The van der Waals surface area contributed by atoms with Gasteiger partial charge in [0.25, 0.3) is 5.91 Å². The van der Waals surface area contributed by atoms with Gasteiger partial charge in [-0.05, 0) is 51.0 Å². The van der Waals surface area contributed by atoms with Gasteiger partial charge in [-0.15, -0.1) is 0 Å². The first-order valence-corrected chi connectivity index (χ1v) is 9.70. The summed E-state index contributed by atoms with van der Waals surface area (Å²) < 4.78 is 31.4. The Morgan fingerprint density at radius 3 is 2.46 bits per heavy atom. The van der Waals surface area contributed by atoms with Crippen LogP contribution in [-0.4, -0.2) is 55.3 Å². The number of benzene rings is 1. The first kappa shape index (κ1) is 18.5. The lowest BCUT2D eigenvalue weighted by atomic mass is 10.1. The van der Waals surface area contributed by atoms with Crippen molar-refractivity contribution in [3.05, 3.63) is 24.3 Å². The third kappa shape index (κ3) is 5.10. The Morgan fingerprint density at radius 1 is 1.33 bits per heavy atom. The molecule has 134 valence electrons. The maximum absolute atomic E-state index is 12.4. The number of hydrogen-bond acceptors (Lipinski definition) is 5. The van der Waals surface area contributed by atoms with Gasteiger partial charge in [-0.2, -0.15) is 0 Å². The van der Waals surface area contributed by atoms with E-state index in [0.29, 0.717) is 31.7 Å². The van der Waals surface area contributed by atoms with Crippen molar-refractivity contribution in [1.82, 2.24) is 9.62 Å². The monoisotopic (exact) mass is 356 g/mol. The van der Waals surface area contributed by atoms with Crippen molar-refractivity contribution in [2.24, 2.45) is 0 Å². The van der Waals surface area contributed by atoms with Crippen LogP contribution in [0.5, 0.6) is 11.5 Å². The Morgan fingerprint density at radius 2 is 1.92 bits per heavy atom. The van der Waals surface area contributed by atoms with Gasteiger partial charge in [0.05, 0.1) is 5.75 Å². The molecule has 0 aromatic heterocycles. The molecule has 1 saturated heterocycles. The zero-order valence-corrected chi connectivity index (χ0v) is 14.8. The second kappa shape index (κ2) is 7.85. The summed E-state index contributed by atoms with van der Waals surface area (Å²) in [4.78, 5) is 14.1.